The molecule has 0 aliphatic heterocycles. The normalized spacial score (nSPS) is 11.6. The molecule has 1 atom stereocenters. The van der Waals surface area contributed by atoms with Gasteiger partial charge in [-0.1, -0.05) is 30.7 Å². The highest BCUT2D eigenvalue weighted by Crippen LogP contribution is 2.23. The maximum atomic E-state index is 12.8. The molecule has 2 N–H and O–H groups in total. The fraction of sp³-hybridized carbons (Fsp3) is 0.217. The average Bonchev–Trinajstić information content (AvgIpc) is 3.26. The number of furan rings is 1. The molecule has 156 valence electrons. The third-order valence-electron chi connectivity index (χ3n) is 4.50. The fourth-order valence-electron chi connectivity index (χ4n) is 2.86. The number of rotatable bonds is 8. The lowest BCUT2D eigenvalue weighted by molar-refractivity contribution is -0.122. The number of halogens is 1. The highest BCUT2D eigenvalue weighted by atomic mass is 35.5. The van der Waals surface area contributed by atoms with Crippen molar-refractivity contribution in [2.75, 3.05) is 5.32 Å². The molecule has 6 nitrogen and oxygen atoms in total. The molecule has 2 aromatic carbocycles. The maximum Gasteiger partial charge on any atom is 0.265 e. The molecule has 1 aromatic heterocycles. The summed E-state index contributed by atoms with van der Waals surface area (Å²) in [6, 6.07) is 15.6. The number of ether oxygens (including phenoxy) is 1. The summed E-state index contributed by atoms with van der Waals surface area (Å²) < 4.78 is 11.1. The van der Waals surface area contributed by atoms with Crippen molar-refractivity contribution in [2.45, 2.75) is 32.9 Å². The van der Waals surface area contributed by atoms with Crippen LogP contribution in [0.3, 0.4) is 0 Å². The van der Waals surface area contributed by atoms with Crippen LogP contribution in [0.5, 0.6) is 5.75 Å². The van der Waals surface area contributed by atoms with Gasteiger partial charge in [0.2, 0.25) is 0 Å². The minimum atomic E-state index is -0.718. The van der Waals surface area contributed by atoms with Crippen LogP contribution >= 0.6 is 11.6 Å². The average molecular weight is 427 g/mol. The SMILES string of the molecule is CC[C@@H](Oc1ccc(Cl)c(C)c1)C(=O)Nc1ccccc1C(=O)NCc1ccco1. The van der Waals surface area contributed by atoms with Crippen molar-refractivity contribution in [2.24, 2.45) is 0 Å². The van der Waals surface area contributed by atoms with Crippen molar-refractivity contribution in [1.82, 2.24) is 5.32 Å². The fourth-order valence-corrected chi connectivity index (χ4v) is 2.97. The molecule has 3 aromatic rings. The summed E-state index contributed by atoms with van der Waals surface area (Å²) >= 11 is 6.05. The second-order valence-corrected chi connectivity index (χ2v) is 7.13. The largest absolute Gasteiger partial charge is 0.481 e. The number of nitrogens with one attached hydrogen (secondary N) is 2. The number of para-hydroxylation sites is 1. The van der Waals surface area contributed by atoms with Gasteiger partial charge in [0.05, 0.1) is 24.1 Å². The van der Waals surface area contributed by atoms with Crippen molar-refractivity contribution < 1.29 is 18.7 Å². The molecule has 0 aliphatic carbocycles. The van der Waals surface area contributed by atoms with Crippen LogP contribution < -0.4 is 15.4 Å². The van der Waals surface area contributed by atoms with Gasteiger partial charge in [-0.25, -0.2) is 0 Å². The van der Waals surface area contributed by atoms with E-state index in [9.17, 15) is 9.59 Å². The monoisotopic (exact) mass is 426 g/mol. The molecule has 0 fully saturated rings. The van der Waals surface area contributed by atoms with E-state index in [1.54, 1.807) is 60.9 Å². The third-order valence-corrected chi connectivity index (χ3v) is 4.93. The van der Waals surface area contributed by atoms with Gasteiger partial charge in [0.1, 0.15) is 11.5 Å². The van der Waals surface area contributed by atoms with Crippen LogP contribution in [-0.2, 0) is 11.3 Å². The first-order valence-electron chi connectivity index (χ1n) is 9.61. The first-order chi connectivity index (χ1) is 14.5. The molecule has 30 heavy (non-hydrogen) atoms. The Bertz CT molecular complexity index is 1020. The van der Waals surface area contributed by atoms with Crippen LogP contribution in [0.4, 0.5) is 5.69 Å². The summed E-state index contributed by atoms with van der Waals surface area (Å²) in [4.78, 5) is 25.4. The Balaban J connectivity index is 1.68. The Morgan fingerprint density at radius 1 is 1.13 bits per heavy atom. The molecule has 0 spiro atoms. The highest BCUT2D eigenvalue weighted by Gasteiger charge is 2.21. The van der Waals surface area contributed by atoms with E-state index in [0.717, 1.165) is 5.56 Å². The van der Waals surface area contributed by atoms with E-state index in [1.807, 2.05) is 13.8 Å². The molecule has 7 heteroatoms. The topological polar surface area (TPSA) is 80.6 Å². The predicted molar refractivity (Wildman–Crippen MR) is 116 cm³/mol. The molecule has 1 heterocycles. The molecule has 0 saturated heterocycles. The number of amides is 2. The molecule has 0 bridgehead atoms. The van der Waals surface area contributed by atoms with Gasteiger partial charge in [0, 0.05) is 5.02 Å². The Labute approximate surface area is 180 Å². The van der Waals surface area contributed by atoms with Crippen LogP contribution in [0.15, 0.2) is 65.3 Å². The summed E-state index contributed by atoms with van der Waals surface area (Å²) in [6.45, 7) is 3.98. The zero-order valence-corrected chi connectivity index (χ0v) is 17.5. The van der Waals surface area contributed by atoms with Crippen LogP contribution in [-0.4, -0.2) is 17.9 Å². The van der Waals surface area contributed by atoms with Crippen molar-refractivity contribution in [1.29, 1.82) is 0 Å². The number of carbonyl (C=O) groups excluding carboxylic acids is 2. The minimum Gasteiger partial charge on any atom is -0.481 e. The lowest BCUT2D eigenvalue weighted by Crippen LogP contribution is -2.33. The third kappa shape index (κ3) is 5.42. The van der Waals surface area contributed by atoms with E-state index in [2.05, 4.69) is 10.6 Å². The first-order valence-corrected chi connectivity index (χ1v) is 9.99. The molecule has 0 aliphatic rings. The molecule has 0 unspecified atom stereocenters. The second kappa shape index (κ2) is 9.98. The van der Waals surface area contributed by atoms with Gasteiger partial charge in [-0.3, -0.25) is 9.59 Å². The van der Waals surface area contributed by atoms with Crippen molar-refractivity contribution in [3.63, 3.8) is 0 Å². The molecular formula is C23H23ClN2O4. The smallest absolute Gasteiger partial charge is 0.265 e. The van der Waals surface area contributed by atoms with E-state index < -0.39 is 6.10 Å². The van der Waals surface area contributed by atoms with Gasteiger partial charge in [-0.05, 0) is 61.4 Å². The van der Waals surface area contributed by atoms with Gasteiger partial charge < -0.3 is 19.8 Å². The summed E-state index contributed by atoms with van der Waals surface area (Å²) in [7, 11) is 0. The zero-order valence-electron chi connectivity index (χ0n) is 16.8. The maximum absolute atomic E-state index is 12.8. The Hall–Kier alpha value is -3.25. The Kier molecular flexibility index (Phi) is 7.14. The predicted octanol–water partition coefficient (Wildman–Crippen LogP) is 4.97. The number of anilines is 1. The van der Waals surface area contributed by atoms with Crippen molar-refractivity contribution in [3.05, 3.63) is 82.8 Å². The van der Waals surface area contributed by atoms with Gasteiger partial charge in [-0.15, -0.1) is 0 Å². The van der Waals surface area contributed by atoms with Gasteiger partial charge in [-0.2, -0.15) is 0 Å². The lowest BCUT2D eigenvalue weighted by atomic mass is 10.1. The van der Waals surface area contributed by atoms with E-state index in [0.29, 0.717) is 34.2 Å². The molecule has 3 rings (SSSR count). The second-order valence-electron chi connectivity index (χ2n) is 6.72. The highest BCUT2D eigenvalue weighted by molar-refractivity contribution is 6.31. The van der Waals surface area contributed by atoms with Gasteiger partial charge in [0.25, 0.3) is 11.8 Å². The van der Waals surface area contributed by atoms with Crippen LogP contribution in [0, 0.1) is 6.92 Å². The van der Waals surface area contributed by atoms with Crippen LogP contribution in [0.2, 0.25) is 5.02 Å². The lowest BCUT2D eigenvalue weighted by Gasteiger charge is -2.19. The number of hydrogen-bond donors (Lipinski definition) is 2. The Morgan fingerprint density at radius 3 is 2.63 bits per heavy atom. The Morgan fingerprint density at radius 2 is 1.93 bits per heavy atom. The summed E-state index contributed by atoms with van der Waals surface area (Å²) in [5.74, 6) is 0.548. The zero-order chi connectivity index (χ0) is 21.5. The summed E-state index contributed by atoms with van der Waals surface area (Å²) in [5.41, 5.74) is 1.63. The van der Waals surface area contributed by atoms with Crippen molar-refractivity contribution >= 4 is 29.1 Å². The van der Waals surface area contributed by atoms with E-state index in [4.69, 9.17) is 20.8 Å². The number of carbonyl (C=O) groups is 2. The molecule has 2 amide bonds. The summed E-state index contributed by atoms with van der Waals surface area (Å²) in [6.07, 6.45) is 1.29. The van der Waals surface area contributed by atoms with Crippen molar-refractivity contribution in [3.8, 4) is 5.75 Å². The number of aryl methyl sites for hydroxylation is 1. The molecule has 0 radical (unpaired) electrons. The number of hydrogen-bond acceptors (Lipinski definition) is 4. The van der Waals surface area contributed by atoms with Gasteiger partial charge >= 0.3 is 0 Å². The van der Waals surface area contributed by atoms with Crippen LogP contribution in [0.1, 0.15) is 35.0 Å². The van der Waals surface area contributed by atoms with E-state index >= 15 is 0 Å². The first kappa shape index (κ1) is 21.5. The quantitative estimate of drug-likeness (QED) is 0.533. The minimum absolute atomic E-state index is 0.255. The molecular weight excluding hydrogens is 404 g/mol. The van der Waals surface area contributed by atoms with Gasteiger partial charge in [0.15, 0.2) is 6.10 Å². The van der Waals surface area contributed by atoms with E-state index in [-0.39, 0.29) is 18.4 Å². The molecule has 0 saturated carbocycles. The van der Waals surface area contributed by atoms with E-state index in [1.165, 1.54) is 0 Å². The standard InChI is InChI=1S/C23H23ClN2O4/c1-3-21(30-16-10-11-19(24)15(2)13-16)23(28)26-20-9-5-4-8-18(20)22(27)25-14-17-7-6-12-29-17/h4-13,21H,3,14H2,1-2H3,(H,25,27)(H,26,28)/t21-/m1/s1. The summed E-state index contributed by atoms with van der Waals surface area (Å²) in [5, 5.41) is 6.22. The van der Waals surface area contributed by atoms with Crippen LogP contribution in [0.25, 0.3) is 0 Å². The number of benzene rings is 2.